The van der Waals surface area contributed by atoms with E-state index in [9.17, 15) is 34.6 Å². The normalized spacial score (nSPS) is 12.6. The fourth-order valence-corrected chi connectivity index (χ4v) is 5.39. The second-order valence-electron chi connectivity index (χ2n) is 7.64. The van der Waals surface area contributed by atoms with Crippen molar-refractivity contribution in [3.8, 4) is 17.2 Å². The summed E-state index contributed by atoms with van der Waals surface area (Å²) in [5.41, 5.74) is -0.514. The smallest absolute Gasteiger partial charge is 0.397 e. The highest BCUT2D eigenvalue weighted by Gasteiger charge is 2.21. The molecule has 3 aromatic rings. The predicted octanol–water partition coefficient (Wildman–Crippen LogP) is 1.75. The molecule has 0 aliphatic rings. The molecule has 2 aromatic carbocycles. The highest BCUT2D eigenvalue weighted by atomic mass is 32.3. The van der Waals surface area contributed by atoms with Gasteiger partial charge in [0, 0.05) is 6.07 Å². The summed E-state index contributed by atoms with van der Waals surface area (Å²) in [7, 11) is -11.0. The highest BCUT2D eigenvalue weighted by Crippen LogP contribution is 2.38. The Balaban J connectivity index is 1.93. The molecule has 1 aromatic heterocycles. The number of rotatable bonds is 11. The molecule has 212 valence electrons. The van der Waals surface area contributed by atoms with E-state index < -0.39 is 53.2 Å². The Bertz CT molecular complexity index is 1790. The van der Waals surface area contributed by atoms with Crippen LogP contribution >= 0.6 is 0 Å². The van der Waals surface area contributed by atoms with Crippen LogP contribution < -0.4 is 15.0 Å². The van der Waals surface area contributed by atoms with Crippen molar-refractivity contribution in [2.75, 3.05) is 26.6 Å². The molecule has 3 rings (SSSR count). The predicted molar refractivity (Wildman–Crippen MR) is 134 cm³/mol. The first-order valence-electron chi connectivity index (χ1n) is 10.5. The first-order chi connectivity index (χ1) is 18.1. The van der Waals surface area contributed by atoms with Crippen molar-refractivity contribution >= 4 is 41.7 Å². The molecule has 19 heteroatoms. The lowest BCUT2D eigenvalue weighted by molar-refractivity contribution is 0.284. The number of aryl methyl sites for hydroxylation is 1. The zero-order chi connectivity index (χ0) is 29.2. The number of aromatic amines is 1. The maximum absolute atomic E-state index is 13.0. The molecule has 0 unspecified atom stereocenters. The second kappa shape index (κ2) is 11.2. The van der Waals surface area contributed by atoms with Gasteiger partial charge >= 0.3 is 10.4 Å². The molecular formula is C20H22N4O12S3. The molecule has 0 bridgehead atoms. The van der Waals surface area contributed by atoms with Crippen LogP contribution in [-0.2, 0) is 34.5 Å². The van der Waals surface area contributed by atoms with Crippen molar-refractivity contribution in [1.29, 1.82) is 0 Å². The van der Waals surface area contributed by atoms with Crippen LogP contribution in [0.4, 0.5) is 11.4 Å². The molecule has 0 radical (unpaired) electrons. The van der Waals surface area contributed by atoms with E-state index in [2.05, 4.69) is 19.5 Å². The Morgan fingerprint density at radius 2 is 1.54 bits per heavy atom. The number of ether oxygens (including phenoxy) is 2. The quantitative estimate of drug-likeness (QED) is 0.209. The van der Waals surface area contributed by atoms with E-state index in [1.165, 1.54) is 51.5 Å². The average Bonchev–Trinajstić information content (AvgIpc) is 3.13. The van der Waals surface area contributed by atoms with Gasteiger partial charge in [0.05, 0.1) is 42.9 Å². The molecule has 0 fully saturated rings. The molecule has 0 saturated carbocycles. The van der Waals surface area contributed by atoms with Crippen LogP contribution in [0.25, 0.3) is 5.69 Å². The first-order valence-corrected chi connectivity index (χ1v) is 14.9. The number of benzene rings is 2. The average molecular weight is 607 g/mol. The van der Waals surface area contributed by atoms with Crippen LogP contribution in [0.1, 0.15) is 5.69 Å². The Labute approximate surface area is 222 Å². The topological polar surface area (TPSA) is 233 Å². The molecule has 3 N–H and O–H groups in total. The standard InChI is InChI=1S/C20H22N4O12S3/c1-12-19(22-21-15-10-18(38(28,29)30)17(35-3)11-16(15)34-2)20(25)24(23-12)13-4-6-14(7-5-13)37(26,27)9-8-36-39(31,32)33/h4-7,10-11,23H,8-9H2,1-3H3,(H,28,29,30)(H,31,32,33). The molecule has 0 atom stereocenters. The Morgan fingerprint density at radius 1 is 0.923 bits per heavy atom. The van der Waals surface area contributed by atoms with Crippen LogP contribution in [0.2, 0.25) is 0 Å². The van der Waals surface area contributed by atoms with Crippen molar-refractivity contribution in [1.82, 2.24) is 9.78 Å². The van der Waals surface area contributed by atoms with E-state index in [0.29, 0.717) is 0 Å². The fourth-order valence-electron chi connectivity index (χ4n) is 3.24. The number of aromatic nitrogens is 2. The Kier molecular flexibility index (Phi) is 8.63. The summed E-state index contributed by atoms with van der Waals surface area (Å²) in [4.78, 5) is 12.2. The number of nitrogens with zero attached hydrogens (tertiary/aromatic N) is 3. The maximum Gasteiger partial charge on any atom is 0.397 e. The van der Waals surface area contributed by atoms with E-state index in [-0.39, 0.29) is 39.2 Å². The monoisotopic (exact) mass is 606 g/mol. The van der Waals surface area contributed by atoms with Crippen molar-refractivity contribution in [2.24, 2.45) is 10.2 Å². The SMILES string of the molecule is COc1cc(OC)c(S(=O)(=O)O)cc1N=Nc1c(C)[nH]n(-c2ccc(S(=O)(=O)CCOS(=O)(=O)O)cc2)c1=O. The number of nitrogens with one attached hydrogen (secondary N) is 1. The van der Waals surface area contributed by atoms with Crippen molar-refractivity contribution < 1.29 is 48.0 Å². The van der Waals surface area contributed by atoms with E-state index >= 15 is 0 Å². The van der Waals surface area contributed by atoms with Crippen molar-refractivity contribution in [2.45, 2.75) is 16.7 Å². The molecule has 1 heterocycles. The van der Waals surface area contributed by atoms with Gasteiger partial charge in [0.2, 0.25) is 0 Å². The summed E-state index contributed by atoms with van der Waals surface area (Å²) in [5, 5.41) is 10.6. The summed E-state index contributed by atoms with van der Waals surface area (Å²) in [5.74, 6) is -0.896. The molecule has 0 amide bonds. The lowest BCUT2D eigenvalue weighted by Crippen LogP contribution is -2.16. The summed E-state index contributed by atoms with van der Waals surface area (Å²) in [6.45, 7) is 0.715. The molecular weight excluding hydrogens is 584 g/mol. The summed E-state index contributed by atoms with van der Waals surface area (Å²) in [6, 6.07) is 7.10. The van der Waals surface area contributed by atoms with E-state index in [1.54, 1.807) is 0 Å². The van der Waals surface area contributed by atoms with Crippen molar-refractivity contribution in [3.05, 3.63) is 52.4 Å². The zero-order valence-corrected chi connectivity index (χ0v) is 22.9. The molecule has 0 saturated heterocycles. The Hall–Kier alpha value is -3.62. The van der Waals surface area contributed by atoms with Crippen LogP contribution in [-0.4, -0.2) is 70.7 Å². The van der Waals surface area contributed by atoms with Crippen LogP contribution in [0.3, 0.4) is 0 Å². The number of hydrogen-bond donors (Lipinski definition) is 3. The third-order valence-corrected chi connectivity index (χ3v) is 8.11. The van der Waals surface area contributed by atoms with Crippen molar-refractivity contribution in [3.63, 3.8) is 0 Å². The van der Waals surface area contributed by atoms with Crippen LogP contribution in [0.15, 0.2) is 61.2 Å². The van der Waals surface area contributed by atoms with Gasteiger partial charge in [-0.25, -0.2) is 17.3 Å². The molecule has 16 nitrogen and oxygen atoms in total. The van der Waals surface area contributed by atoms with Gasteiger partial charge in [-0.05, 0) is 37.3 Å². The van der Waals surface area contributed by atoms with E-state index in [4.69, 9.17) is 14.0 Å². The van der Waals surface area contributed by atoms with Gasteiger partial charge in [0.15, 0.2) is 15.5 Å². The number of sulfone groups is 1. The maximum atomic E-state index is 13.0. The third kappa shape index (κ3) is 7.07. The van der Waals surface area contributed by atoms with Crippen LogP contribution in [0.5, 0.6) is 11.5 Å². The zero-order valence-electron chi connectivity index (χ0n) is 20.4. The third-order valence-electron chi connectivity index (χ3n) is 5.08. The van der Waals surface area contributed by atoms with Crippen LogP contribution in [0, 0.1) is 6.92 Å². The fraction of sp³-hybridized carbons (Fsp3) is 0.250. The van der Waals surface area contributed by atoms with Gasteiger partial charge in [-0.2, -0.15) is 16.8 Å². The molecule has 0 aliphatic heterocycles. The minimum Gasteiger partial charge on any atom is -0.495 e. The second-order valence-corrected chi connectivity index (χ2v) is 12.2. The number of methoxy groups -OCH3 is 2. The van der Waals surface area contributed by atoms with Gasteiger partial charge in [-0.1, -0.05) is 0 Å². The Morgan fingerprint density at radius 3 is 2.08 bits per heavy atom. The highest BCUT2D eigenvalue weighted by molar-refractivity contribution is 7.91. The van der Waals surface area contributed by atoms with Gasteiger partial charge in [-0.3, -0.25) is 19.0 Å². The van der Waals surface area contributed by atoms with Gasteiger partial charge in [0.1, 0.15) is 22.1 Å². The molecule has 39 heavy (non-hydrogen) atoms. The molecule has 0 spiro atoms. The lowest BCUT2D eigenvalue weighted by Gasteiger charge is -2.10. The minimum absolute atomic E-state index is 0.0373. The minimum atomic E-state index is -4.79. The number of hydrogen-bond acceptors (Lipinski definition) is 12. The molecule has 0 aliphatic carbocycles. The lowest BCUT2D eigenvalue weighted by atomic mass is 10.3. The summed E-state index contributed by atoms with van der Waals surface area (Å²) < 4.78 is 103. The van der Waals surface area contributed by atoms with E-state index in [1.807, 2.05) is 0 Å². The van der Waals surface area contributed by atoms with E-state index in [0.717, 1.165) is 10.7 Å². The summed E-state index contributed by atoms with van der Waals surface area (Å²) in [6.07, 6.45) is 0. The van der Waals surface area contributed by atoms with Gasteiger partial charge in [-0.15, -0.1) is 10.2 Å². The largest absolute Gasteiger partial charge is 0.495 e. The number of azo groups is 1. The number of H-pyrrole nitrogens is 1. The summed E-state index contributed by atoms with van der Waals surface area (Å²) >= 11 is 0. The van der Waals surface area contributed by atoms with Gasteiger partial charge < -0.3 is 9.47 Å². The van der Waals surface area contributed by atoms with Gasteiger partial charge in [0.25, 0.3) is 15.7 Å². The first kappa shape index (κ1) is 29.9.